The molecule has 1 atom stereocenters. The third kappa shape index (κ3) is 2.47. The van der Waals surface area contributed by atoms with Crippen molar-refractivity contribution >= 4 is 23.4 Å². The highest BCUT2D eigenvalue weighted by atomic mass is 35.5. The van der Waals surface area contributed by atoms with Gasteiger partial charge < -0.3 is 10.4 Å². The maximum absolute atomic E-state index is 11.6. The van der Waals surface area contributed by atoms with E-state index in [0.717, 1.165) is 10.5 Å². The topological polar surface area (TPSA) is 69.6 Å². The van der Waals surface area contributed by atoms with Crippen molar-refractivity contribution in [3.63, 3.8) is 0 Å². The van der Waals surface area contributed by atoms with Gasteiger partial charge in [0.1, 0.15) is 5.75 Å². The lowest BCUT2D eigenvalue weighted by molar-refractivity contribution is -0.137. The summed E-state index contributed by atoms with van der Waals surface area (Å²) in [7, 11) is 1.48. The van der Waals surface area contributed by atoms with Gasteiger partial charge in [-0.25, -0.2) is 0 Å². The van der Waals surface area contributed by atoms with E-state index in [1.54, 1.807) is 12.1 Å². The molecule has 1 saturated heterocycles. The van der Waals surface area contributed by atoms with Gasteiger partial charge in [-0.15, -0.1) is 0 Å². The Kier molecular flexibility index (Phi) is 3.54. The summed E-state index contributed by atoms with van der Waals surface area (Å²) in [5.74, 6) is -0.376. The molecule has 1 unspecified atom stereocenters. The molecule has 1 aliphatic heterocycles. The van der Waals surface area contributed by atoms with E-state index in [1.165, 1.54) is 13.1 Å². The number of likely N-dealkylation sites (tertiary alicyclic amines) is 1. The van der Waals surface area contributed by atoms with Gasteiger partial charge in [0.2, 0.25) is 11.8 Å². The summed E-state index contributed by atoms with van der Waals surface area (Å²) >= 11 is 5.78. The molecule has 1 heterocycles. The van der Waals surface area contributed by atoms with Crippen LogP contribution < -0.4 is 5.32 Å². The van der Waals surface area contributed by atoms with Crippen LogP contribution in [0.15, 0.2) is 18.2 Å². The van der Waals surface area contributed by atoms with E-state index in [9.17, 15) is 14.7 Å². The average molecular weight is 269 g/mol. The number of nitrogens with zero attached hydrogens (tertiary/aromatic N) is 1. The highest BCUT2D eigenvalue weighted by molar-refractivity contribution is 6.32. The standard InChI is InChI=1S/C12H13ClN2O3/c1-15-11(17)5-9(12(15)18)14-6-7-2-3-10(16)8(13)4-7/h2-4,9,14,16H,5-6H2,1H3. The predicted molar refractivity (Wildman–Crippen MR) is 66.1 cm³/mol. The Labute approximate surface area is 109 Å². The van der Waals surface area contributed by atoms with Crippen molar-refractivity contribution in [3.8, 4) is 5.75 Å². The van der Waals surface area contributed by atoms with E-state index >= 15 is 0 Å². The summed E-state index contributed by atoms with van der Waals surface area (Å²) in [5.41, 5.74) is 0.840. The number of amides is 2. The maximum Gasteiger partial charge on any atom is 0.246 e. The Balaban J connectivity index is 1.98. The summed E-state index contributed by atoms with van der Waals surface area (Å²) in [6, 6.07) is 4.34. The summed E-state index contributed by atoms with van der Waals surface area (Å²) in [6.07, 6.45) is 0.182. The van der Waals surface area contributed by atoms with Crippen LogP contribution in [0.2, 0.25) is 5.02 Å². The van der Waals surface area contributed by atoms with Crippen molar-refractivity contribution in [2.75, 3.05) is 7.05 Å². The predicted octanol–water partition coefficient (Wildman–Crippen LogP) is 0.892. The number of imide groups is 1. The molecule has 1 fully saturated rings. The van der Waals surface area contributed by atoms with Crippen molar-refractivity contribution in [2.45, 2.75) is 19.0 Å². The molecule has 0 radical (unpaired) electrons. The first kappa shape index (κ1) is 12.9. The van der Waals surface area contributed by atoms with E-state index in [4.69, 9.17) is 11.6 Å². The van der Waals surface area contributed by atoms with Crippen LogP contribution in [-0.2, 0) is 16.1 Å². The fraction of sp³-hybridized carbons (Fsp3) is 0.333. The molecule has 1 aromatic rings. The Morgan fingerprint density at radius 3 is 2.78 bits per heavy atom. The molecular formula is C12H13ClN2O3. The summed E-state index contributed by atoms with van der Waals surface area (Å²) in [5, 5.41) is 12.5. The minimum absolute atomic E-state index is 0.0206. The van der Waals surface area contributed by atoms with E-state index in [2.05, 4.69) is 5.32 Å². The lowest BCUT2D eigenvalue weighted by atomic mass is 10.2. The van der Waals surface area contributed by atoms with Gasteiger partial charge in [-0.1, -0.05) is 17.7 Å². The zero-order valence-electron chi connectivity index (χ0n) is 9.81. The van der Waals surface area contributed by atoms with E-state index in [-0.39, 0.29) is 29.0 Å². The van der Waals surface area contributed by atoms with Crippen LogP contribution in [0.25, 0.3) is 0 Å². The van der Waals surface area contributed by atoms with Gasteiger partial charge in [0.25, 0.3) is 0 Å². The normalized spacial score (nSPS) is 19.7. The molecule has 2 amide bonds. The fourth-order valence-electron chi connectivity index (χ4n) is 1.82. The lowest BCUT2D eigenvalue weighted by Crippen LogP contribution is -2.36. The number of benzene rings is 1. The van der Waals surface area contributed by atoms with Crippen LogP contribution in [0.3, 0.4) is 0 Å². The molecule has 2 N–H and O–H groups in total. The van der Waals surface area contributed by atoms with Crippen LogP contribution >= 0.6 is 11.6 Å². The summed E-state index contributed by atoms with van der Waals surface area (Å²) in [4.78, 5) is 24.1. The van der Waals surface area contributed by atoms with Crippen LogP contribution in [0.1, 0.15) is 12.0 Å². The summed E-state index contributed by atoms with van der Waals surface area (Å²) in [6.45, 7) is 0.414. The fourth-order valence-corrected chi connectivity index (χ4v) is 2.02. The van der Waals surface area contributed by atoms with Gasteiger partial charge >= 0.3 is 0 Å². The number of rotatable bonds is 3. The molecule has 0 spiro atoms. The van der Waals surface area contributed by atoms with Crippen LogP contribution in [0.5, 0.6) is 5.75 Å². The number of likely N-dealkylation sites (N-methyl/N-ethyl adjacent to an activating group) is 1. The Morgan fingerprint density at radius 1 is 1.50 bits per heavy atom. The first-order valence-electron chi connectivity index (χ1n) is 5.50. The second-order valence-corrected chi connectivity index (χ2v) is 4.62. The van der Waals surface area contributed by atoms with Crippen LogP contribution in [0, 0.1) is 0 Å². The summed E-state index contributed by atoms with van der Waals surface area (Å²) < 4.78 is 0. The van der Waals surface area contributed by atoms with Crippen LogP contribution in [0.4, 0.5) is 0 Å². The minimum atomic E-state index is -0.477. The zero-order valence-corrected chi connectivity index (χ0v) is 10.6. The minimum Gasteiger partial charge on any atom is -0.506 e. The smallest absolute Gasteiger partial charge is 0.246 e. The van der Waals surface area contributed by atoms with Crippen molar-refractivity contribution < 1.29 is 14.7 Å². The number of aromatic hydroxyl groups is 1. The van der Waals surface area contributed by atoms with Crippen molar-refractivity contribution in [1.82, 2.24) is 10.2 Å². The zero-order chi connectivity index (χ0) is 13.3. The van der Waals surface area contributed by atoms with Gasteiger partial charge in [-0.05, 0) is 17.7 Å². The molecule has 0 bridgehead atoms. The van der Waals surface area contributed by atoms with Gasteiger partial charge in [0.15, 0.2) is 0 Å². The lowest BCUT2D eigenvalue weighted by Gasteiger charge is -2.11. The Bertz CT molecular complexity index is 504. The molecular weight excluding hydrogens is 256 g/mol. The first-order valence-corrected chi connectivity index (χ1v) is 5.88. The van der Waals surface area contributed by atoms with Gasteiger partial charge in [-0.2, -0.15) is 0 Å². The maximum atomic E-state index is 11.6. The highest BCUT2D eigenvalue weighted by Crippen LogP contribution is 2.23. The Hall–Kier alpha value is -1.59. The molecule has 0 aliphatic carbocycles. The quantitative estimate of drug-likeness (QED) is 0.799. The van der Waals surface area contributed by atoms with Crippen LogP contribution in [-0.4, -0.2) is 34.9 Å². The number of hydrogen-bond donors (Lipinski definition) is 2. The number of phenolic OH excluding ortho intramolecular Hbond substituents is 1. The molecule has 0 aromatic heterocycles. The third-order valence-corrected chi connectivity index (χ3v) is 3.25. The van der Waals surface area contributed by atoms with E-state index < -0.39 is 6.04 Å². The molecule has 1 aromatic carbocycles. The molecule has 18 heavy (non-hydrogen) atoms. The highest BCUT2D eigenvalue weighted by Gasteiger charge is 2.35. The second kappa shape index (κ2) is 4.96. The molecule has 6 heteroatoms. The number of hydrogen-bond acceptors (Lipinski definition) is 4. The molecule has 1 aliphatic rings. The van der Waals surface area contributed by atoms with Crippen molar-refractivity contribution in [2.24, 2.45) is 0 Å². The van der Waals surface area contributed by atoms with Gasteiger partial charge in [-0.3, -0.25) is 14.5 Å². The second-order valence-electron chi connectivity index (χ2n) is 4.21. The van der Waals surface area contributed by atoms with Crippen molar-refractivity contribution in [3.05, 3.63) is 28.8 Å². The van der Waals surface area contributed by atoms with E-state index in [0.29, 0.717) is 6.54 Å². The van der Waals surface area contributed by atoms with Gasteiger partial charge in [0.05, 0.1) is 17.5 Å². The molecule has 0 saturated carbocycles. The number of nitrogens with one attached hydrogen (secondary N) is 1. The first-order chi connectivity index (χ1) is 8.49. The number of phenols is 1. The van der Waals surface area contributed by atoms with Gasteiger partial charge in [0, 0.05) is 13.6 Å². The van der Waals surface area contributed by atoms with E-state index in [1.807, 2.05) is 0 Å². The number of halogens is 1. The molecule has 96 valence electrons. The largest absolute Gasteiger partial charge is 0.506 e. The Morgan fingerprint density at radius 2 is 2.22 bits per heavy atom. The van der Waals surface area contributed by atoms with Crippen molar-refractivity contribution in [1.29, 1.82) is 0 Å². The number of carbonyl (C=O) groups is 2. The third-order valence-electron chi connectivity index (χ3n) is 2.95. The number of carbonyl (C=O) groups excluding carboxylic acids is 2. The molecule has 2 rings (SSSR count). The average Bonchev–Trinajstić information content (AvgIpc) is 2.58. The SMILES string of the molecule is CN1C(=O)CC(NCc2ccc(O)c(Cl)c2)C1=O. The monoisotopic (exact) mass is 268 g/mol. The molecule has 5 nitrogen and oxygen atoms in total.